The smallest absolute Gasteiger partial charge is 0.306 e. The molecule has 0 radical (unpaired) electrons. The van der Waals surface area contributed by atoms with Crippen LogP contribution in [0.25, 0.3) is 0 Å². The van der Waals surface area contributed by atoms with Crippen LogP contribution in [0.2, 0.25) is 0 Å². The Morgan fingerprint density at radius 1 is 1.17 bits per heavy atom. The number of esters is 1. The summed E-state index contributed by atoms with van der Waals surface area (Å²) in [5.41, 5.74) is 0. The number of ketones is 1. The Morgan fingerprint density at radius 3 is 2.33 bits per heavy atom. The Balaban J connectivity index is 3.28. The highest BCUT2D eigenvalue weighted by Gasteiger charge is 2.03. The van der Waals surface area contributed by atoms with Gasteiger partial charge in [0, 0.05) is 13.5 Å². The van der Waals surface area contributed by atoms with Crippen molar-refractivity contribution in [3.63, 3.8) is 0 Å². The van der Waals surface area contributed by atoms with Gasteiger partial charge in [0.25, 0.3) is 0 Å². The van der Waals surface area contributed by atoms with Crippen LogP contribution >= 0.6 is 0 Å². The second-order valence-corrected chi connectivity index (χ2v) is 2.42. The minimum absolute atomic E-state index is 0.00121. The maximum atomic E-state index is 10.8. The van der Waals surface area contributed by atoms with Gasteiger partial charge in [0.05, 0.1) is 13.0 Å². The lowest BCUT2D eigenvalue weighted by Crippen LogP contribution is -2.10. The Labute approximate surface area is 71.8 Å². The molecule has 0 aromatic heterocycles. The van der Waals surface area contributed by atoms with E-state index in [0.717, 1.165) is 0 Å². The van der Waals surface area contributed by atoms with E-state index in [1.54, 1.807) is 0 Å². The predicted molar refractivity (Wildman–Crippen MR) is 42.8 cm³/mol. The molecule has 0 heterocycles. The summed E-state index contributed by atoms with van der Waals surface area (Å²) in [6.45, 7) is 2.10. The lowest BCUT2D eigenvalue weighted by atomic mass is 10.2. The van der Waals surface area contributed by atoms with E-state index in [-0.39, 0.29) is 31.2 Å². The first kappa shape index (κ1) is 11.1. The van der Waals surface area contributed by atoms with Crippen molar-refractivity contribution in [3.8, 4) is 0 Å². The fraction of sp³-hybridized carbons (Fsp3) is 0.750. The number of carbonyl (C=O) groups is 2. The summed E-state index contributed by atoms with van der Waals surface area (Å²) in [4.78, 5) is 21.2. The van der Waals surface area contributed by atoms with Gasteiger partial charge in [-0.2, -0.15) is 0 Å². The fourth-order valence-electron chi connectivity index (χ4n) is 0.589. The minimum atomic E-state index is -0.345. The minimum Gasteiger partial charge on any atom is -0.463 e. The van der Waals surface area contributed by atoms with Crippen molar-refractivity contribution in [2.24, 2.45) is 0 Å². The maximum Gasteiger partial charge on any atom is 0.306 e. The number of carbonyl (C=O) groups excluding carboxylic acids is 2. The monoisotopic (exact) mass is 174 g/mol. The summed E-state index contributed by atoms with van der Waals surface area (Å²) in [5, 5.41) is 0. The highest BCUT2D eigenvalue weighted by Crippen LogP contribution is 1.93. The molecule has 70 valence electrons. The normalized spacial score (nSPS) is 9.50. The first-order chi connectivity index (χ1) is 5.66. The van der Waals surface area contributed by atoms with E-state index in [1.165, 1.54) is 14.0 Å². The quantitative estimate of drug-likeness (QED) is 0.435. The third-order valence-corrected chi connectivity index (χ3v) is 1.23. The number of rotatable bonds is 6. The molecule has 0 bridgehead atoms. The van der Waals surface area contributed by atoms with Crippen LogP contribution in [0.4, 0.5) is 0 Å². The molecule has 0 aromatic rings. The van der Waals surface area contributed by atoms with Gasteiger partial charge in [-0.1, -0.05) is 0 Å². The molecule has 0 aliphatic heterocycles. The van der Waals surface area contributed by atoms with Crippen molar-refractivity contribution in [2.75, 3.05) is 20.3 Å². The largest absolute Gasteiger partial charge is 0.463 e. The Bertz CT molecular complexity index is 153. The van der Waals surface area contributed by atoms with E-state index < -0.39 is 0 Å². The van der Waals surface area contributed by atoms with Crippen molar-refractivity contribution >= 4 is 11.8 Å². The zero-order chi connectivity index (χ0) is 9.40. The van der Waals surface area contributed by atoms with Crippen LogP contribution in [-0.2, 0) is 19.1 Å². The summed E-state index contributed by atoms with van der Waals surface area (Å²) in [6, 6.07) is 0. The molecular weight excluding hydrogens is 160 g/mol. The SMILES string of the molecule is COCCOC(=O)CCC(C)=O. The van der Waals surface area contributed by atoms with Crippen molar-refractivity contribution in [1.82, 2.24) is 0 Å². The predicted octanol–water partition coefficient (Wildman–Crippen LogP) is 0.545. The lowest BCUT2D eigenvalue weighted by molar-refractivity contribution is -0.145. The molecule has 0 amide bonds. The summed E-state index contributed by atoms with van der Waals surface area (Å²) >= 11 is 0. The van der Waals surface area contributed by atoms with Crippen LogP contribution in [0.3, 0.4) is 0 Å². The first-order valence-corrected chi connectivity index (χ1v) is 3.81. The molecule has 0 fully saturated rings. The van der Waals surface area contributed by atoms with Gasteiger partial charge < -0.3 is 14.3 Å². The van der Waals surface area contributed by atoms with Crippen LogP contribution < -0.4 is 0 Å². The molecule has 0 unspecified atom stereocenters. The first-order valence-electron chi connectivity index (χ1n) is 3.81. The number of hydrogen-bond donors (Lipinski definition) is 0. The highest BCUT2D eigenvalue weighted by molar-refractivity contribution is 5.80. The third-order valence-electron chi connectivity index (χ3n) is 1.23. The van der Waals surface area contributed by atoms with Crippen LogP contribution in [0.1, 0.15) is 19.8 Å². The number of ether oxygens (including phenoxy) is 2. The van der Waals surface area contributed by atoms with Crippen molar-refractivity contribution < 1.29 is 19.1 Å². The van der Waals surface area contributed by atoms with Crippen molar-refractivity contribution in [3.05, 3.63) is 0 Å². The van der Waals surface area contributed by atoms with Gasteiger partial charge in [-0.25, -0.2) is 0 Å². The molecule has 0 rings (SSSR count). The molecule has 0 aliphatic rings. The highest BCUT2D eigenvalue weighted by atomic mass is 16.6. The number of methoxy groups -OCH3 is 1. The lowest BCUT2D eigenvalue weighted by Gasteiger charge is -2.01. The third kappa shape index (κ3) is 7.21. The Morgan fingerprint density at radius 2 is 1.83 bits per heavy atom. The zero-order valence-corrected chi connectivity index (χ0v) is 7.46. The second kappa shape index (κ2) is 6.79. The second-order valence-electron chi connectivity index (χ2n) is 2.42. The molecule has 0 spiro atoms. The number of hydrogen-bond acceptors (Lipinski definition) is 4. The average molecular weight is 174 g/mol. The summed E-state index contributed by atoms with van der Waals surface area (Å²) in [7, 11) is 1.53. The van der Waals surface area contributed by atoms with Crippen LogP contribution in [0, 0.1) is 0 Å². The molecule has 12 heavy (non-hydrogen) atoms. The van der Waals surface area contributed by atoms with E-state index in [9.17, 15) is 9.59 Å². The van der Waals surface area contributed by atoms with Crippen molar-refractivity contribution in [1.29, 1.82) is 0 Å². The van der Waals surface area contributed by atoms with Gasteiger partial charge in [0.2, 0.25) is 0 Å². The molecule has 0 saturated heterocycles. The van der Waals surface area contributed by atoms with Gasteiger partial charge in [0.15, 0.2) is 0 Å². The van der Waals surface area contributed by atoms with Gasteiger partial charge in [-0.05, 0) is 6.92 Å². The molecule has 0 atom stereocenters. The van der Waals surface area contributed by atoms with Crippen LogP contribution in [0.15, 0.2) is 0 Å². The Kier molecular flexibility index (Phi) is 6.28. The summed E-state index contributed by atoms with van der Waals surface area (Å²) < 4.78 is 9.39. The molecule has 0 aromatic carbocycles. The standard InChI is InChI=1S/C8H14O4/c1-7(9)3-4-8(10)12-6-5-11-2/h3-6H2,1-2H3. The van der Waals surface area contributed by atoms with Crippen LogP contribution in [0.5, 0.6) is 0 Å². The summed E-state index contributed by atoms with van der Waals surface area (Å²) in [5.74, 6) is -0.346. The maximum absolute atomic E-state index is 10.8. The van der Waals surface area contributed by atoms with Crippen LogP contribution in [-0.4, -0.2) is 32.1 Å². The molecule has 4 heteroatoms. The molecule has 0 N–H and O–H groups in total. The van der Waals surface area contributed by atoms with E-state index in [0.29, 0.717) is 6.61 Å². The topological polar surface area (TPSA) is 52.6 Å². The molecule has 0 saturated carbocycles. The van der Waals surface area contributed by atoms with E-state index in [1.807, 2.05) is 0 Å². The van der Waals surface area contributed by atoms with E-state index in [2.05, 4.69) is 4.74 Å². The molecule has 0 aliphatic carbocycles. The molecular formula is C8H14O4. The fourth-order valence-corrected chi connectivity index (χ4v) is 0.589. The average Bonchev–Trinajstić information content (AvgIpc) is 2.01. The van der Waals surface area contributed by atoms with Gasteiger partial charge >= 0.3 is 5.97 Å². The van der Waals surface area contributed by atoms with E-state index >= 15 is 0 Å². The number of Topliss-reactive ketones (excluding diaryl/α,β-unsaturated/α-hetero) is 1. The zero-order valence-electron chi connectivity index (χ0n) is 7.46. The van der Waals surface area contributed by atoms with Gasteiger partial charge in [-0.15, -0.1) is 0 Å². The Hall–Kier alpha value is -0.900. The van der Waals surface area contributed by atoms with E-state index in [4.69, 9.17) is 4.74 Å². The van der Waals surface area contributed by atoms with Gasteiger partial charge in [0.1, 0.15) is 12.4 Å². The molecule has 4 nitrogen and oxygen atoms in total. The summed E-state index contributed by atoms with van der Waals surface area (Å²) in [6.07, 6.45) is 0.421. The van der Waals surface area contributed by atoms with Crippen molar-refractivity contribution in [2.45, 2.75) is 19.8 Å². The van der Waals surface area contributed by atoms with Gasteiger partial charge in [-0.3, -0.25) is 4.79 Å².